The van der Waals surface area contributed by atoms with Gasteiger partial charge in [-0.3, -0.25) is 0 Å². The van der Waals surface area contributed by atoms with Gasteiger partial charge in [0.05, 0.1) is 15.4 Å². The van der Waals surface area contributed by atoms with Gasteiger partial charge in [-0.25, -0.2) is 0 Å². The molecule has 11 heavy (non-hydrogen) atoms. The van der Waals surface area contributed by atoms with E-state index >= 15 is 0 Å². The predicted molar refractivity (Wildman–Crippen MR) is 51.8 cm³/mol. The summed E-state index contributed by atoms with van der Waals surface area (Å²) in [5.74, 6) is 0. The lowest BCUT2D eigenvalue weighted by atomic mass is 10.2. The number of rotatable bonds is 1. The van der Waals surface area contributed by atoms with Crippen LogP contribution in [0.2, 0.25) is 0 Å². The van der Waals surface area contributed by atoms with Gasteiger partial charge < -0.3 is 0 Å². The maximum Gasteiger partial charge on any atom is 0.0991 e. The van der Waals surface area contributed by atoms with Crippen molar-refractivity contribution in [1.29, 1.82) is 5.26 Å². The molecule has 0 aromatic heterocycles. The van der Waals surface area contributed by atoms with Gasteiger partial charge in [0.1, 0.15) is 0 Å². The summed E-state index contributed by atoms with van der Waals surface area (Å²) in [6.07, 6.45) is 0. The van der Waals surface area contributed by atoms with Gasteiger partial charge in [0, 0.05) is 0 Å². The summed E-state index contributed by atoms with van der Waals surface area (Å²) in [5, 5.41) is 8.49. The highest BCUT2D eigenvalue weighted by Gasteiger charge is 2.00. The Balaban J connectivity index is 2.94. The minimum atomic E-state index is 0.169. The predicted octanol–water partition coefficient (Wildman–Crippen LogP) is 3.35. The van der Waals surface area contributed by atoms with Gasteiger partial charge in [0.25, 0.3) is 0 Å². The van der Waals surface area contributed by atoms with Crippen molar-refractivity contribution in [3.05, 3.63) is 35.4 Å². The molecular formula is C8H5Br2N. The van der Waals surface area contributed by atoms with E-state index in [1.54, 1.807) is 12.1 Å². The van der Waals surface area contributed by atoms with E-state index in [1.807, 2.05) is 12.1 Å². The zero-order chi connectivity index (χ0) is 8.27. The molecule has 0 amide bonds. The van der Waals surface area contributed by atoms with E-state index in [4.69, 9.17) is 5.26 Å². The molecule has 0 atom stereocenters. The van der Waals surface area contributed by atoms with Crippen molar-refractivity contribution in [2.75, 3.05) is 0 Å². The SMILES string of the molecule is N#Cc1ccc(C(Br)Br)cc1. The summed E-state index contributed by atoms with van der Waals surface area (Å²) in [6, 6.07) is 9.47. The molecule has 0 saturated carbocycles. The normalized spacial score (nSPS) is 9.64. The Kier molecular flexibility index (Phi) is 3.10. The smallest absolute Gasteiger partial charge is 0.0991 e. The molecule has 0 heterocycles. The topological polar surface area (TPSA) is 23.8 Å². The van der Waals surface area contributed by atoms with Gasteiger partial charge in [0.2, 0.25) is 0 Å². The summed E-state index contributed by atoms with van der Waals surface area (Å²) in [5.41, 5.74) is 1.80. The lowest BCUT2D eigenvalue weighted by molar-refractivity contribution is 1.40. The van der Waals surface area contributed by atoms with Crippen molar-refractivity contribution in [2.24, 2.45) is 0 Å². The molecule has 0 bridgehead atoms. The molecule has 0 aliphatic rings. The van der Waals surface area contributed by atoms with Gasteiger partial charge in [-0.15, -0.1) is 0 Å². The van der Waals surface area contributed by atoms with Crippen molar-refractivity contribution in [3.8, 4) is 6.07 Å². The van der Waals surface area contributed by atoms with Gasteiger partial charge >= 0.3 is 0 Å². The molecule has 56 valence electrons. The van der Waals surface area contributed by atoms with Gasteiger partial charge in [-0.2, -0.15) is 5.26 Å². The van der Waals surface area contributed by atoms with Crippen molar-refractivity contribution in [3.63, 3.8) is 0 Å². The van der Waals surface area contributed by atoms with Crippen LogP contribution in [-0.4, -0.2) is 0 Å². The second-order valence-corrected chi connectivity index (χ2v) is 5.09. The molecular weight excluding hydrogens is 270 g/mol. The fourth-order valence-corrected chi connectivity index (χ4v) is 1.31. The molecule has 0 aliphatic carbocycles. The molecule has 0 N–H and O–H groups in total. The standard InChI is InChI=1S/C8H5Br2N/c9-8(10)7-3-1-6(5-11)2-4-7/h1-4,8H. The molecule has 1 nitrogen and oxygen atoms in total. The molecule has 0 unspecified atom stereocenters. The largest absolute Gasteiger partial charge is 0.192 e. The van der Waals surface area contributed by atoms with Crippen molar-refractivity contribution >= 4 is 31.9 Å². The zero-order valence-electron chi connectivity index (χ0n) is 5.59. The maximum atomic E-state index is 8.49. The second kappa shape index (κ2) is 3.89. The van der Waals surface area contributed by atoms with Crippen LogP contribution in [0.1, 0.15) is 14.9 Å². The minimum absolute atomic E-state index is 0.169. The highest BCUT2D eigenvalue weighted by atomic mass is 79.9. The number of nitrogens with zero attached hydrogens (tertiary/aromatic N) is 1. The summed E-state index contributed by atoms with van der Waals surface area (Å²) in [7, 11) is 0. The average molecular weight is 275 g/mol. The third kappa shape index (κ3) is 2.32. The lowest BCUT2D eigenvalue weighted by Gasteiger charge is -1.99. The number of alkyl halides is 2. The number of hydrogen-bond acceptors (Lipinski definition) is 1. The zero-order valence-corrected chi connectivity index (χ0v) is 8.76. The summed E-state index contributed by atoms with van der Waals surface area (Å²) in [4.78, 5) is 0. The van der Waals surface area contributed by atoms with Crippen LogP contribution in [0.5, 0.6) is 0 Å². The Morgan fingerprint density at radius 3 is 2.09 bits per heavy atom. The Bertz CT molecular complexity index is 271. The quantitative estimate of drug-likeness (QED) is 0.721. The first-order valence-electron chi connectivity index (χ1n) is 3.02. The van der Waals surface area contributed by atoms with Gasteiger partial charge in [-0.1, -0.05) is 44.0 Å². The van der Waals surface area contributed by atoms with E-state index in [0.717, 1.165) is 5.56 Å². The molecule has 0 saturated heterocycles. The van der Waals surface area contributed by atoms with Crippen LogP contribution in [0.3, 0.4) is 0 Å². The molecule has 0 fully saturated rings. The number of halogens is 2. The Labute approximate surface area is 82.3 Å². The monoisotopic (exact) mass is 273 g/mol. The van der Waals surface area contributed by atoms with E-state index in [0.29, 0.717) is 5.56 Å². The van der Waals surface area contributed by atoms with E-state index in [9.17, 15) is 0 Å². The van der Waals surface area contributed by atoms with Crippen molar-refractivity contribution in [1.82, 2.24) is 0 Å². The first-order valence-corrected chi connectivity index (χ1v) is 4.85. The molecule has 3 heteroatoms. The van der Waals surface area contributed by atoms with Crippen LogP contribution in [0.25, 0.3) is 0 Å². The first kappa shape index (κ1) is 8.76. The number of benzene rings is 1. The average Bonchev–Trinajstić information content (AvgIpc) is 2.05. The van der Waals surface area contributed by atoms with E-state index in [2.05, 4.69) is 37.9 Å². The maximum absolute atomic E-state index is 8.49. The highest BCUT2D eigenvalue weighted by molar-refractivity contribution is 9.24. The molecule has 1 rings (SSSR count). The third-order valence-electron chi connectivity index (χ3n) is 1.29. The van der Waals surface area contributed by atoms with Crippen molar-refractivity contribution in [2.45, 2.75) is 3.74 Å². The Morgan fingerprint density at radius 1 is 1.18 bits per heavy atom. The fraction of sp³-hybridized carbons (Fsp3) is 0.125. The van der Waals surface area contributed by atoms with Crippen LogP contribution in [0.4, 0.5) is 0 Å². The van der Waals surface area contributed by atoms with E-state index in [-0.39, 0.29) is 3.74 Å². The Morgan fingerprint density at radius 2 is 1.73 bits per heavy atom. The molecule has 1 aromatic carbocycles. The fourth-order valence-electron chi connectivity index (χ4n) is 0.703. The van der Waals surface area contributed by atoms with Crippen LogP contribution in [-0.2, 0) is 0 Å². The van der Waals surface area contributed by atoms with Gasteiger partial charge in [-0.05, 0) is 17.7 Å². The van der Waals surface area contributed by atoms with Crippen molar-refractivity contribution < 1.29 is 0 Å². The van der Waals surface area contributed by atoms with Crippen LogP contribution >= 0.6 is 31.9 Å². The van der Waals surface area contributed by atoms with Gasteiger partial charge in [0.15, 0.2) is 0 Å². The van der Waals surface area contributed by atoms with Crippen LogP contribution in [0.15, 0.2) is 24.3 Å². The number of hydrogen-bond donors (Lipinski definition) is 0. The third-order valence-corrected chi connectivity index (χ3v) is 2.35. The lowest BCUT2D eigenvalue weighted by Crippen LogP contribution is -1.80. The van der Waals surface area contributed by atoms with Crippen LogP contribution < -0.4 is 0 Å². The molecule has 0 spiro atoms. The minimum Gasteiger partial charge on any atom is -0.192 e. The molecule has 1 aromatic rings. The summed E-state index contributed by atoms with van der Waals surface area (Å²) in [6.45, 7) is 0. The first-order chi connectivity index (χ1) is 5.24. The molecule has 0 aliphatic heterocycles. The highest BCUT2D eigenvalue weighted by Crippen LogP contribution is 2.28. The van der Waals surface area contributed by atoms with Crippen LogP contribution in [0, 0.1) is 11.3 Å². The molecule has 0 radical (unpaired) electrons. The van der Waals surface area contributed by atoms with E-state index < -0.39 is 0 Å². The van der Waals surface area contributed by atoms with E-state index in [1.165, 1.54) is 0 Å². The number of nitriles is 1. The second-order valence-electron chi connectivity index (χ2n) is 2.03. The Hall–Kier alpha value is -0.330. The summed E-state index contributed by atoms with van der Waals surface area (Å²) < 4.78 is 0.169. The summed E-state index contributed by atoms with van der Waals surface area (Å²) >= 11 is 6.73.